The number of aryl methyl sites for hydroxylation is 1. The van der Waals surface area contributed by atoms with E-state index in [0.29, 0.717) is 22.2 Å². The van der Waals surface area contributed by atoms with E-state index in [9.17, 15) is 8.42 Å². The van der Waals surface area contributed by atoms with Gasteiger partial charge in [0.2, 0.25) is 0 Å². The van der Waals surface area contributed by atoms with Crippen molar-refractivity contribution >= 4 is 37.3 Å². The largest absolute Gasteiger partial charge is 0.361 e. The van der Waals surface area contributed by atoms with Gasteiger partial charge in [0.15, 0.2) is 0 Å². The molecular weight excluding hydrogens is 364 g/mol. The Kier molecular flexibility index (Phi) is 3.74. The first kappa shape index (κ1) is 14.2. The molecule has 1 unspecified atom stereocenters. The topological polar surface area (TPSA) is 63.4 Å². The molecule has 5 nitrogen and oxygen atoms in total. The van der Waals surface area contributed by atoms with Crippen molar-refractivity contribution in [1.82, 2.24) is 9.46 Å². The molecule has 0 aromatic carbocycles. The van der Waals surface area contributed by atoms with E-state index in [1.807, 2.05) is 6.07 Å². The fraction of sp³-hybridized carbons (Fsp3) is 0.417. The van der Waals surface area contributed by atoms with Crippen LogP contribution in [0.25, 0.3) is 0 Å². The molecule has 20 heavy (non-hydrogen) atoms. The van der Waals surface area contributed by atoms with E-state index in [0.717, 1.165) is 16.6 Å². The first-order valence-electron chi connectivity index (χ1n) is 6.19. The highest BCUT2D eigenvalue weighted by molar-refractivity contribution is 9.11. The van der Waals surface area contributed by atoms with Gasteiger partial charge in [0.05, 0.1) is 9.83 Å². The molecule has 3 rings (SSSR count). The second-order valence-corrected chi connectivity index (χ2v) is 9.28. The van der Waals surface area contributed by atoms with Gasteiger partial charge in [-0.25, -0.2) is 8.42 Å². The van der Waals surface area contributed by atoms with E-state index in [4.69, 9.17) is 4.52 Å². The number of hydrogen-bond acceptors (Lipinski definition) is 5. The van der Waals surface area contributed by atoms with Gasteiger partial charge in [-0.2, -0.15) is 4.31 Å². The normalized spacial score (nSPS) is 20.6. The highest BCUT2D eigenvalue weighted by atomic mass is 79.9. The van der Waals surface area contributed by atoms with Gasteiger partial charge in [-0.3, -0.25) is 0 Å². The molecule has 0 N–H and O–H groups in total. The highest BCUT2D eigenvalue weighted by Crippen LogP contribution is 2.38. The summed E-state index contributed by atoms with van der Waals surface area (Å²) in [6, 6.07) is 4.97. The van der Waals surface area contributed by atoms with E-state index in [1.54, 1.807) is 19.1 Å². The van der Waals surface area contributed by atoms with Crippen LogP contribution < -0.4 is 0 Å². The van der Waals surface area contributed by atoms with Gasteiger partial charge in [-0.1, -0.05) is 5.16 Å². The Bertz CT molecular complexity index is 723. The summed E-state index contributed by atoms with van der Waals surface area (Å²) in [4.78, 5) is 0. The Morgan fingerprint density at radius 1 is 1.50 bits per heavy atom. The molecule has 0 radical (unpaired) electrons. The third-order valence-corrected chi connectivity index (χ3v) is 7.30. The zero-order chi connectivity index (χ0) is 14.3. The van der Waals surface area contributed by atoms with Gasteiger partial charge in [-0.15, -0.1) is 11.3 Å². The molecule has 2 aromatic heterocycles. The number of thiophene rings is 1. The molecule has 0 amide bonds. The van der Waals surface area contributed by atoms with Crippen molar-refractivity contribution in [2.45, 2.75) is 30.0 Å². The van der Waals surface area contributed by atoms with Crippen LogP contribution in [0.3, 0.4) is 0 Å². The van der Waals surface area contributed by atoms with Crippen molar-refractivity contribution in [2.75, 3.05) is 6.54 Å². The lowest BCUT2D eigenvalue weighted by atomic mass is 10.1. The number of halogens is 1. The van der Waals surface area contributed by atoms with Gasteiger partial charge in [0.25, 0.3) is 10.0 Å². The minimum atomic E-state index is -3.47. The van der Waals surface area contributed by atoms with Crippen molar-refractivity contribution < 1.29 is 12.9 Å². The van der Waals surface area contributed by atoms with Gasteiger partial charge in [0.1, 0.15) is 15.7 Å². The maximum Gasteiger partial charge on any atom is 0.253 e. The molecule has 0 aliphatic carbocycles. The maximum absolute atomic E-state index is 12.7. The molecule has 2 aromatic rings. The van der Waals surface area contributed by atoms with Crippen molar-refractivity contribution in [3.05, 3.63) is 33.4 Å². The fourth-order valence-corrected chi connectivity index (χ4v) is 6.23. The molecule has 3 heterocycles. The van der Waals surface area contributed by atoms with E-state index in [2.05, 4.69) is 21.1 Å². The Balaban J connectivity index is 1.96. The second-order valence-electron chi connectivity index (χ2n) is 4.69. The first-order chi connectivity index (χ1) is 9.48. The minimum absolute atomic E-state index is 0.224. The van der Waals surface area contributed by atoms with E-state index < -0.39 is 10.0 Å². The molecule has 1 aliphatic rings. The Morgan fingerprint density at radius 2 is 2.30 bits per heavy atom. The first-order valence-corrected chi connectivity index (χ1v) is 9.24. The molecule has 1 fully saturated rings. The Morgan fingerprint density at radius 3 is 2.90 bits per heavy atom. The van der Waals surface area contributed by atoms with Crippen LogP contribution in [0.1, 0.15) is 30.3 Å². The molecular formula is C12H13BrN2O3S2. The summed E-state index contributed by atoms with van der Waals surface area (Å²) in [6.07, 6.45) is 1.61. The summed E-state index contributed by atoms with van der Waals surface area (Å²) in [5.74, 6) is 0.697. The molecule has 8 heteroatoms. The van der Waals surface area contributed by atoms with Crippen LogP contribution in [-0.2, 0) is 10.0 Å². The number of hydrogen-bond donors (Lipinski definition) is 0. The van der Waals surface area contributed by atoms with Gasteiger partial charge < -0.3 is 4.52 Å². The van der Waals surface area contributed by atoms with Crippen molar-refractivity contribution in [2.24, 2.45) is 0 Å². The maximum atomic E-state index is 12.7. The zero-order valence-electron chi connectivity index (χ0n) is 10.7. The highest BCUT2D eigenvalue weighted by Gasteiger charge is 2.38. The van der Waals surface area contributed by atoms with Crippen LogP contribution >= 0.6 is 27.3 Å². The fourth-order valence-electron chi connectivity index (χ4n) is 2.42. The van der Waals surface area contributed by atoms with Crippen molar-refractivity contribution in [3.8, 4) is 0 Å². The quantitative estimate of drug-likeness (QED) is 0.823. The van der Waals surface area contributed by atoms with Crippen LogP contribution in [-0.4, -0.2) is 24.4 Å². The van der Waals surface area contributed by atoms with Crippen LogP contribution in [0.4, 0.5) is 0 Å². The second kappa shape index (κ2) is 5.25. The standard InChI is InChI=1S/C12H13BrN2O3S2/c1-8-7-9(14-18-8)10-3-2-6-15(10)20(16,17)12-5-4-11(13)19-12/h4-5,7,10H,2-3,6H2,1H3. The van der Waals surface area contributed by atoms with Crippen LogP contribution in [0.2, 0.25) is 0 Å². The lowest BCUT2D eigenvalue weighted by Crippen LogP contribution is -2.30. The number of sulfonamides is 1. The number of rotatable bonds is 3. The average molecular weight is 377 g/mol. The van der Waals surface area contributed by atoms with E-state index in [-0.39, 0.29) is 6.04 Å². The summed E-state index contributed by atoms with van der Waals surface area (Å²) in [6.45, 7) is 2.33. The van der Waals surface area contributed by atoms with Crippen LogP contribution in [0, 0.1) is 6.92 Å². The van der Waals surface area contributed by atoms with E-state index in [1.165, 1.54) is 15.6 Å². The van der Waals surface area contributed by atoms with Crippen LogP contribution in [0.5, 0.6) is 0 Å². The Hall–Kier alpha value is -0.700. The SMILES string of the molecule is Cc1cc(C2CCCN2S(=O)(=O)c2ccc(Br)s2)no1. The van der Waals surface area contributed by atoms with E-state index >= 15 is 0 Å². The van der Waals surface area contributed by atoms with Gasteiger partial charge in [0, 0.05) is 12.6 Å². The van der Waals surface area contributed by atoms with Gasteiger partial charge in [-0.05, 0) is 47.8 Å². The minimum Gasteiger partial charge on any atom is -0.361 e. The molecule has 0 bridgehead atoms. The van der Waals surface area contributed by atoms with Gasteiger partial charge >= 0.3 is 0 Å². The van der Waals surface area contributed by atoms with Crippen molar-refractivity contribution in [1.29, 1.82) is 0 Å². The molecule has 1 aliphatic heterocycles. The monoisotopic (exact) mass is 376 g/mol. The Labute approximate surface area is 129 Å². The zero-order valence-corrected chi connectivity index (χ0v) is 14.0. The summed E-state index contributed by atoms with van der Waals surface area (Å²) < 4.78 is 33.2. The number of aromatic nitrogens is 1. The smallest absolute Gasteiger partial charge is 0.253 e. The third kappa shape index (κ3) is 2.45. The molecule has 0 spiro atoms. The summed E-state index contributed by atoms with van der Waals surface area (Å²) in [5.41, 5.74) is 0.694. The summed E-state index contributed by atoms with van der Waals surface area (Å²) in [5, 5.41) is 3.97. The molecule has 1 atom stereocenters. The predicted molar refractivity (Wildman–Crippen MR) is 79.1 cm³/mol. The summed E-state index contributed by atoms with van der Waals surface area (Å²) >= 11 is 4.53. The predicted octanol–water partition coefficient (Wildman–Crippen LogP) is 3.33. The molecule has 0 saturated carbocycles. The lowest BCUT2D eigenvalue weighted by molar-refractivity contribution is 0.350. The lowest BCUT2D eigenvalue weighted by Gasteiger charge is -2.21. The number of nitrogens with zero attached hydrogens (tertiary/aromatic N) is 2. The molecule has 108 valence electrons. The average Bonchev–Trinajstić information content (AvgIpc) is 3.07. The third-order valence-electron chi connectivity index (χ3n) is 3.30. The van der Waals surface area contributed by atoms with Crippen LogP contribution in [0.15, 0.2) is 30.7 Å². The molecule has 1 saturated heterocycles. The summed E-state index contributed by atoms with van der Waals surface area (Å²) in [7, 11) is -3.47. The van der Waals surface area contributed by atoms with Crippen molar-refractivity contribution in [3.63, 3.8) is 0 Å².